The van der Waals surface area contributed by atoms with Crippen LogP contribution in [0.2, 0.25) is 0 Å². The van der Waals surface area contributed by atoms with Crippen LogP contribution in [0.25, 0.3) is 21.5 Å². The highest BCUT2D eigenvalue weighted by molar-refractivity contribution is 6.05. The molecule has 0 aromatic heterocycles. The van der Waals surface area contributed by atoms with Crippen molar-refractivity contribution in [3.8, 4) is 23.0 Å². The molecule has 0 radical (unpaired) electrons. The van der Waals surface area contributed by atoms with E-state index in [0.29, 0.717) is 29.4 Å². The maximum Gasteiger partial charge on any atom is 0.238 e. The number of carbonyl (C=O) groups excluding carboxylic acids is 2. The summed E-state index contributed by atoms with van der Waals surface area (Å²) in [4.78, 5) is 31.5. The molecule has 9 rings (SSSR count). The maximum absolute atomic E-state index is 16.1. The lowest BCUT2D eigenvalue weighted by Crippen LogP contribution is -2.62. The number of ether oxygens (including phenoxy) is 4. The van der Waals surface area contributed by atoms with E-state index >= 15 is 4.79 Å². The Kier molecular flexibility index (Phi) is 14.4. The van der Waals surface area contributed by atoms with Gasteiger partial charge in [-0.2, -0.15) is 0 Å². The summed E-state index contributed by atoms with van der Waals surface area (Å²) in [6, 6.07) is 58.5. The van der Waals surface area contributed by atoms with E-state index in [1.54, 1.807) is 33.3 Å². The average Bonchev–Trinajstić information content (AvgIpc) is 3.38. The van der Waals surface area contributed by atoms with Gasteiger partial charge >= 0.3 is 0 Å². The highest BCUT2D eigenvalue weighted by Gasteiger charge is 2.55. The average molecular weight is 963 g/mol. The van der Waals surface area contributed by atoms with Crippen molar-refractivity contribution in [3.05, 3.63) is 215 Å². The first-order chi connectivity index (χ1) is 34.9. The molecule has 4 N–H and O–H groups in total. The van der Waals surface area contributed by atoms with Crippen LogP contribution in [0.5, 0.6) is 23.0 Å². The second-order valence-corrected chi connectivity index (χ2v) is 19.3. The minimum absolute atomic E-state index is 0.0135. The van der Waals surface area contributed by atoms with E-state index in [4.69, 9.17) is 24.7 Å². The van der Waals surface area contributed by atoms with E-state index < -0.39 is 40.3 Å². The zero-order valence-corrected chi connectivity index (χ0v) is 41.3. The van der Waals surface area contributed by atoms with Crippen molar-refractivity contribution < 1.29 is 38.7 Å². The number of aliphatic hydroxyl groups is 2. The van der Waals surface area contributed by atoms with Gasteiger partial charge in [0.2, 0.25) is 11.8 Å². The van der Waals surface area contributed by atoms with E-state index in [9.17, 15) is 15.0 Å². The third-order valence-electron chi connectivity index (χ3n) is 14.8. The van der Waals surface area contributed by atoms with Crippen LogP contribution in [0.3, 0.4) is 0 Å². The minimum Gasteiger partial charge on any atom is -0.497 e. The number of hydrogen-bond acceptors (Lipinski definition) is 8. The van der Waals surface area contributed by atoms with Gasteiger partial charge in [-0.25, -0.2) is 0 Å². The molecule has 0 bridgehead atoms. The first-order valence-electron chi connectivity index (χ1n) is 24.4. The molecule has 0 aliphatic heterocycles. The van der Waals surface area contributed by atoms with Crippen LogP contribution in [0.1, 0.15) is 64.5 Å². The Hall–Kier alpha value is -7.66. The molecule has 4 atom stereocenters. The van der Waals surface area contributed by atoms with Crippen molar-refractivity contribution in [2.24, 2.45) is 11.1 Å². The van der Waals surface area contributed by atoms with Crippen LogP contribution < -0.4 is 24.7 Å². The molecule has 4 unspecified atom stereocenters. The Bertz CT molecular complexity index is 3020. The molecule has 8 aromatic carbocycles. The van der Waals surface area contributed by atoms with Gasteiger partial charge in [-0.15, -0.1) is 0 Å². The van der Waals surface area contributed by atoms with Gasteiger partial charge in [-0.1, -0.05) is 140 Å². The summed E-state index contributed by atoms with van der Waals surface area (Å²) in [6.07, 6.45) is 1.09. The third kappa shape index (κ3) is 9.85. The fourth-order valence-corrected chi connectivity index (χ4v) is 11.2. The van der Waals surface area contributed by atoms with E-state index in [1.165, 1.54) is 0 Å². The molecule has 0 spiro atoms. The Morgan fingerprint density at radius 2 is 0.903 bits per heavy atom. The second kappa shape index (κ2) is 21.0. The van der Waals surface area contributed by atoms with Gasteiger partial charge in [0.1, 0.15) is 28.4 Å². The fraction of sp³-hybridized carbons (Fsp3) is 0.258. The van der Waals surface area contributed by atoms with Crippen molar-refractivity contribution in [1.82, 2.24) is 4.90 Å². The van der Waals surface area contributed by atoms with Gasteiger partial charge < -0.3 is 39.8 Å². The largest absolute Gasteiger partial charge is 0.497 e. The van der Waals surface area contributed by atoms with Crippen LogP contribution in [-0.4, -0.2) is 79.7 Å². The number of fused-ring (bicyclic) bond motifs is 2. The Balaban J connectivity index is 1.32. The number of nitrogens with zero attached hydrogens (tertiary/aromatic N) is 1. The van der Waals surface area contributed by atoms with Crippen molar-refractivity contribution in [2.75, 3.05) is 41.5 Å². The van der Waals surface area contributed by atoms with E-state index in [2.05, 4.69) is 0 Å². The zero-order chi connectivity index (χ0) is 50.5. The quantitative estimate of drug-likeness (QED) is 0.0642. The lowest BCUT2D eigenvalue weighted by molar-refractivity contribution is -0.162. The molecular formula is C62H62N2O8. The van der Waals surface area contributed by atoms with Gasteiger partial charge in [0, 0.05) is 24.7 Å². The number of carbonyl (C=O) groups is 2. The Morgan fingerprint density at radius 3 is 1.29 bits per heavy atom. The van der Waals surface area contributed by atoms with Crippen LogP contribution in [-0.2, 0) is 22.4 Å². The normalized spacial score (nSPS) is 15.5. The number of nitrogens with two attached hydrogens (primary N) is 1. The highest BCUT2D eigenvalue weighted by atomic mass is 16.5. The lowest BCUT2D eigenvalue weighted by Gasteiger charge is -2.49. The molecule has 0 heterocycles. The molecule has 0 saturated heterocycles. The highest BCUT2D eigenvalue weighted by Crippen LogP contribution is 2.48. The Morgan fingerprint density at radius 1 is 0.528 bits per heavy atom. The standard InChI is InChI=1S/C62H62N2O8/c1-69-48-24-9-16-42(34-48)38-61(67,56(46-22-11-26-50(36-46)71-3)54-30-13-20-44-18-5-7-28-52(44)54)40-64(59(66)60(58(63)65)32-15-33-60)41-62(68,39-43-17-10-25-49(35-43)70-2)57(47-23-12-27-51(37-47)72-4)55-31-14-21-45-19-6-8-29-53(45)55/h5-14,16-31,34-37,56-57,67-68H,15,32-33,38-41H2,1-4H3,(H2,63,65). The smallest absolute Gasteiger partial charge is 0.238 e. The Labute approximate surface area is 421 Å². The molecule has 1 saturated carbocycles. The number of primary amides is 1. The molecule has 368 valence electrons. The van der Waals surface area contributed by atoms with Gasteiger partial charge in [-0.3, -0.25) is 9.59 Å². The zero-order valence-electron chi connectivity index (χ0n) is 41.3. The number of benzene rings is 8. The summed E-state index contributed by atoms with van der Waals surface area (Å²) in [6.45, 7) is -0.687. The third-order valence-corrected chi connectivity index (χ3v) is 14.8. The van der Waals surface area contributed by atoms with Gasteiger partial charge in [0.25, 0.3) is 0 Å². The molecule has 10 nitrogen and oxygen atoms in total. The topological polar surface area (TPSA) is 141 Å². The molecule has 10 heteroatoms. The number of hydrogen-bond donors (Lipinski definition) is 3. The summed E-state index contributed by atoms with van der Waals surface area (Å²) < 4.78 is 23.1. The molecule has 1 aliphatic carbocycles. The fourth-order valence-electron chi connectivity index (χ4n) is 11.2. The van der Waals surface area contributed by atoms with Crippen LogP contribution >= 0.6 is 0 Å². The van der Waals surface area contributed by atoms with Crippen molar-refractivity contribution in [1.29, 1.82) is 0 Å². The predicted octanol–water partition coefficient (Wildman–Crippen LogP) is 10.4. The van der Waals surface area contributed by atoms with E-state index in [1.807, 2.05) is 182 Å². The number of amides is 2. The molecule has 1 aliphatic rings. The first-order valence-corrected chi connectivity index (χ1v) is 24.4. The van der Waals surface area contributed by atoms with Gasteiger partial charge in [-0.05, 0) is 116 Å². The summed E-state index contributed by atoms with van der Waals surface area (Å²) in [5.74, 6) is -0.600. The first kappa shape index (κ1) is 49.3. The second-order valence-electron chi connectivity index (χ2n) is 19.3. The summed E-state index contributed by atoms with van der Waals surface area (Å²) in [5, 5.41) is 32.7. The van der Waals surface area contributed by atoms with Gasteiger partial charge in [0.15, 0.2) is 0 Å². The van der Waals surface area contributed by atoms with Crippen LogP contribution in [0, 0.1) is 5.41 Å². The molecule has 8 aromatic rings. The van der Waals surface area contributed by atoms with Crippen LogP contribution in [0.4, 0.5) is 0 Å². The maximum atomic E-state index is 16.1. The summed E-state index contributed by atoms with van der Waals surface area (Å²) in [7, 11) is 6.41. The number of methoxy groups -OCH3 is 4. The minimum atomic E-state index is -1.87. The predicted molar refractivity (Wildman–Crippen MR) is 283 cm³/mol. The van der Waals surface area contributed by atoms with E-state index in [-0.39, 0.29) is 38.8 Å². The molecule has 72 heavy (non-hydrogen) atoms. The SMILES string of the molecule is COc1cccc(CC(O)(CN(CC(O)(Cc2cccc(OC)c2)C(c2cccc(OC)c2)c2cccc3ccccc23)C(=O)C2(C(N)=O)CCC2)C(c2cccc(OC)c2)c2cccc3ccccc23)c1. The monoisotopic (exact) mass is 962 g/mol. The molecule has 1 fully saturated rings. The summed E-state index contributed by atoms with van der Waals surface area (Å²) >= 11 is 0. The molecule has 2 amide bonds. The number of rotatable bonds is 20. The van der Waals surface area contributed by atoms with E-state index in [0.717, 1.165) is 54.9 Å². The summed E-state index contributed by atoms with van der Waals surface area (Å²) in [5.41, 5.74) is 5.55. The van der Waals surface area contributed by atoms with Crippen molar-refractivity contribution in [3.63, 3.8) is 0 Å². The van der Waals surface area contributed by atoms with Crippen molar-refractivity contribution >= 4 is 33.4 Å². The van der Waals surface area contributed by atoms with Gasteiger partial charge in [0.05, 0.1) is 52.7 Å². The van der Waals surface area contributed by atoms with Crippen LogP contribution in [0.15, 0.2) is 182 Å². The lowest BCUT2D eigenvalue weighted by atomic mass is 9.66. The van der Waals surface area contributed by atoms with Crippen molar-refractivity contribution in [2.45, 2.75) is 55.1 Å². The molecular weight excluding hydrogens is 901 g/mol.